The van der Waals surface area contributed by atoms with Crippen LogP contribution in [-0.4, -0.2) is 34.8 Å². The molecular weight excluding hydrogens is 506 g/mol. The number of ether oxygens (including phenoxy) is 1. The van der Waals surface area contributed by atoms with Crippen molar-refractivity contribution in [1.82, 2.24) is 9.99 Å². The van der Waals surface area contributed by atoms with Crippen molar-refractivity contribution >= 4 is 51.6 Å². The number of halogens is 1. The van der Waals surface area contributed by atoms with Crippen LogP contribution in [0.4, 0.5) is 0 Å². The molecule has 1 aromatic heterocycles. The third-order valence-corrected chi connectivity index (χ3v) is 8.67. The Bertz CT molecular complexity index is 1120. The first-order valence-electron chi connectivity index (χ1n) is 10.2. The van der Waals surface area contributed by atoms with Crippen LogP contribution in [0.1, 0.15) is 27.1 Å². The summed E-state index contributed by atoms with van der Waals surface area (Å²) in [6.07, 6.45) is 1.67. The molecule has 0 aliphatic carbocycles. The largest absolute Gasteiger partial charge is 0.484 e. The van der Waals surface area contributed by atoms with E-state index in [1.54, 1.807) is 6.21 Å². The fraction of sp³-hybridized carbons (Fsp3) is 0.250. The minimum Gasteiger partial charge on any atom is -0.484 e. The Morgan fingerprint density at radius 1 is 1.19 bits per heavy atom. The van der Waals surface area contributed by atoms with E-state index in [4.69, 9.17) is 4.74 Å². The van der Waals surface area contributed by atoms with Crippen LogP contribution in [0, 0.1) is 13.8 Å². The summed E-state index contributed by atoms with van der Waals surface area (Å²) in [6, 6.07) is 18.2. The Hall–Kier alpha value is -2.16. The van der Waals surface area contributed by atoms with E-state index in [9.17, 15) is 4.79 Å². The zero-order chi connectivity index (χ0) is 22.5. The Morgan fingerprint density at radius 3 is 2.66 bits per heavy atom. The standard InChI is InChI=1S/C24H24BrN3O2S2/c1-16-12-19(17(2)28(16)21-5-3-4-20(25)13-21)14-26-27-23(29)15-30-22-8-6-18(7-9-22)24-31-10-11-32-24/h3-9,12-14,24H,10-11,15H2,1-2H3,(H,27,29)/b26-14-. The van der Waals surface area contributed by atoms with Gasteiger partial charge in [-0.3, -0.25) is 4.79 Å². The zero-order valence-electron chi connectivity index (χ0n) is 17.9. The third-order valence-electron chi connectivity index (χ3n) is 5.07. The topological polar surface area (TPSA) is 55.6 Å². The number of hydrogen-bond acceptors (Lipinski definition) is 5. The third kappa shape index (κ3) is 5.60. The summed E-state index contributed by atoms with van der Waals surface area (Å²) >= 11 is 7.46. The van der Waals surface area contributed by atoms with Gasteiger partial charge in [0.25, 0.3) is 5.91 Å². The number of thioether (sulfide) groups is 2. The second-order valence-corrected chi connectivity index (χ2v) is 11.0. The molecule has 0 radical (unpaired) electrons. The Morgan fingerprint density at radius 2 is 1.94 bits per heavy atom. The van der Waals surface area contributed by atoms with Gasteiger partial charge < -0.3 is 9.30 Å². The molecule has 166 valence electrons. The Kier molecular flexibility index (Phi) is 7.65. The zero-order valence-corrected chi connectivity index (χ0v) is 21.1. The van der Waals surface area contributed by atoms with Crippen molar-refractivity contribution in [2.45, 2.75) is 18.4 Å². The van der Waals surface area contributed by atoms with Gasteiger partial charge in [-0.25, -0.2) is 5.43 Å². The lowest BCUT2D eigenvalue weighted by molar-refractivity contribution is -0.123. The molecule has 1 aliphatic rings. The molecule has 32 heavy (non-hydrogen) atoms. The van der Waals surface area contributed by atoms with Gasteiger partial charge in [-0.1, -0.05) is 34.1 Å². The van der Waals surface area contributed by atoms with Crippen molar-refractivity contribution < 1.29 is 9.53 Å². The summed E-state index contributed by atoms with van der Waals surface area (Å²) in [4.78, 5) is 12.1. The molecule has 0 unspecified atom stereocenters. The summed E-state index contributed by atoms with van der Waals surface area (Å²) in [5.74, 6) is 2.77. The van der Waals surface area contributed by atoms with E-state index >= 15 is 0 Å². The molecule has 5 nitrogen and oxygen atoms in total. The SMILES string of the molecule is Cc1cc(/C=N\NC(=O)COc2ccc(C3SCCS3)cc2)c(C)n1-c1cccc(Br)c1. The van der Waals surface area contributed by atoms with E-state index in [1.165, 1.54) is 17.1 Å². The van der Waals surface area contributed by atoms with Crippen LogP contribution in [-0.2, 0) is 4.79 Å². The van der Waals surface area contributed by atoms with Crippen LogP contribution in [0.3, 0.4) is 0 Å². The molecule has 0 spiro atoms. The van der Waals surface area contributed by atoms with Crippen LogP contribution >= 0.6 is 39.5 Å². The molecule has 2 heterocycles. The number of aryl methyl sites for hydroxylation is 1. The first-order chi connectivity index (χ1) is 15.5. The van der Waals surface area contributed by atoms with Crippen LogP contribution in [0.5, 0.6) is 5.75 Å². The predicted molar refractivity (Wildman–Crippen MR) is 138 cm³/mol. The molecule has 0 atom stereocenters. The first-order valence-corrected chi connectivity index (χ1v) is 13.1. The molecule has 2 aromatic carbocycles. The maximum absolute atomic E-state index is 12.1. The summed E-state index contributed by atoms with van der Waals surface area (Å²) < 4.78 is 9.28. The van der Waals surface area contributed by atoms with Gasteiger partial charge >= 0.3 is 0 Å². The van der Waals surface area contributed by atoms with Gasteiger partial charge in [-0.05, 0) is 55.8 Å². The Labute approximate surface area is 205 Å². The normalized spacial score (nSPS) is 14.2. The monoisotopic (exact) mass is 529 g/mol. The molecule has 4 rings (SSSR count). The summed E-state index contributed by atoms with van der Waals surface area (Å²) in [7, 11) is 0. The second-order valence-electron chi connectivity index (χ2n) is 7.37. The molecule has 1 saturated heterocycles. The number of nitrogens with zero attached hydrogens (tertiary/aromatic N) is 2. The van der Waals surface area contributed by atoms with Crippen molar-refractivity contribution in [2.75, 3.05) is 18.1 Å². The number of aromatic nitrogens is 1. The van der Waals surface area contributed by atoms with Crippen LogP contribution in [0.25, 0.3) is 5.69 Å². The molecular formula is C24H24BrN3O2S2. The van der Waals surface area contributed by atoms with Gasteiger partial charge in [-0.2, -0.15) is 5.10 Å². The van der Waals surface area contributed by atoms with Crippen LogP contribution in [0.2, 0.25) is 0 Å². The van der Waals surface area contributed by atoms with Gasteiger partial charge in [-0.15, -0.1) is 23.5 Å². The average Bonchev–Trinajstić information content (AvgIpc) is 3.41. The number of benzene rings is 2. The van der Waals surface area contributed by atoms with Gasteiger partial charge in [0.15, 0.2) is 6.61 Å². The molecule has 1 fully saturated rings. The number of hydrogen-bond donors (Lipinski definition) is 1. The summed E-state index contributed by atoms with van der Waals surface area (Å²) in [6.45, 7) is 4.00. The molecule has 0 bridgehead atoms. The van der Waals surface area contributed by atoms with E-state index in [0.717, 1.165) is 27.1 Å². The second kappa shape index (κ2) is 10.6. The minimum atomic E-state index is -0.298. The smallest absolute Gasteiger partial charge is 0.277 e. The fourth-order valence-corrected chi connectivity index (χ4v) is 6.80. The highest BCUT2D eigenvalue weighted by Crippen LogP contribution is 2.45. The van der Waals surface area contributed by atoms with Gasteiger partial charge in [0.2, 0.25) is 0 Å². The van der Waals surface area contributed by atoms with Crippen molar-refractivity contribution in [3.63, 3.8) is 0 Å². The van der Waals surface area contributed by atoms with E-state index < -0.39 is 0 Å². The quantitative estimate of drug-likeness (QED) is 0.307. The first kappa shape index (κ1) is 23.0. The number of rotatable bonds is 7. The van der Waals surface area contributed by atoms with Crippen LogP contribution < -0.4 is 10.2 Å². The molecule has 0 saturated carbocycles. The number of amides is 1. The highest BCUT2D eigenvalue weighted by atomic mass is 79.9. The molecule has 1 N–H and O–H groups in total. The van der Waals surface area contributed by atoms with E-state index in [-0.39, 0.29) is 12.5 Å². The lowest BCUT2D eigenvalue weighted by Crippen LogP contribution is -2.24. The van der Waals surface area contributed by atoms with E-state index in [0.29, 0.717) is 10.3 Å². The van der Waals surface area contributed by atoms with Crippen molar-refractivity contribution in [3.05, 3.63) is 81.6 Å². The number of carbonyl (C=O) groups excluding carboxylic acids is 1. The van der Waals surface area contributed by atoms with Crippen LogP contribution in [0.15, 0.2) is 64.2 Å². The summed E-state index contributed by atoms with van der Waals surface area (Å²) in [5.41, 5.74) is 8.00. The van der Waals surface area contributed by atoms with E-state index in [1.807, 2.05) is 67.7 Å². The predicted octanol–water partition coefficient (Wildman–Crippen LogP) is 5.86. The van der Waals surface area contributed by atoms with E-state index in [2.05, 4.69) is 55.3 Å². The maximum atomic E-state index is 12.1. The van der Waals surface area contributed by atoms with Gasteiger partial charge in [0.1, 0.15) is 5.75 Å². The average molecular weight is 531 g/mol. The number of nitrogens with one attached hydrogen (secondary N) is 1. The number of hydrazone groups is 1. The van der Waals surface area contributed by atoms with Gasteiger partial charge in [0.05, 0.1) is 10.8 Å². The fourth-order valence-electron chi connectivity index (χ4n) is 3.56. The number of carbonyl (C=O) groups is 1. The summed E-state index contributed by atoms with van der Waals surface area (Å²) in [5, 5.41) is 4.11. The molecule has 8 heteroatoms. The Balaban J connectivity index is 1.31. The highest BCUT2D eigenvalue weighted by molar-refractivity contribution is 9.10. The maximum Gasteiger partial charge on any atom is 0.277 e. The molecule has 3 aromatic rings. The lowest BCUT2D eigenvalue weighted by atomic mass is 10.2. The molecule has 1 aliphatic heterocycles. The minimum absolute atomic E-state index is 0.0827. The molecule has 1 amide bonds. The van der Waals surface area contributed by atoms with Crippen molar-refractivity contribution in [3.8, 4) is 11.4 Å². The lowest BCUT2D eigenvalue weighted by Gasteiger charge is -2.10. The van der Waals surface area contributed by atoms with Crippen molar-refractivity contribution in [1.29, 1.82) is 0 Å². The highest BCUT2D eigenvalue weighted by Gasteiger charge is 2.18. The van der Waals surface area contributed by atoms with Crippen molar-refractivity contribution in [2.24, 2.45) is 5.10 Å². The van der Waals surface area contributed by atoms with Gasteiger partial charge in [0, 0.05) is 38.6 Å².